The summed E-state index contributed by atoms with van der Waals surface area (Å²) in [7, 11) is 0. The van der Waals surface area contributed by atoms with Crippen LogP contribution in [0.2, 0.25) is 0 Å². The number of carbonyl (C=O) groups excluding carboxylic acids is 1. The van der Waals surface area contributed by atoms with Crippen molar-refractivity contribution in [2.24, 2.45) is 16.3 Å². The molecule has 0 unspecified atom stereocenters. The zero-order chi connectivity index (χ0) is 11.6. The van der Waals surface area contributed by atoms with Crippen molar-refractivity contribution in [3.05, 3.63) is 30.3 Å². The van der Waals surface area contributed by atoms with E-state index in [1.807, 2.05) is 18.2 Å². The van der Waals surface area contributed by atoms with E-state index in [-0.39, 0.29) is 11.7 Å². The Hall–Kier alpha value is -2.04. The molecule has 5 nitrogen and oxygen atoms in total. The molecule has 16 heavy (non-hydrogen) atoms. The standard InChI is InChI=1S/C11H13N3O2/c12-9(14-16)11(6-7-11)10(15)13-8-4-2-1-3-5-8/h1-5,16H,6-7H2,(H2,12,14)(H,13,15). The van der Waals surface area contributed by atoms with Gasteiger partial charge in [-0.05, 0) is 25.0 Å². The van der Waals surface area contributed by atoms with E-state index in [0.29, 0.717) is 18.5 Å². The van der Waals surface area contributed by atoms with E-state index in [2.05, 4.69) is 10.5 Å². The molecule has 0 heterocycles. The first-order valence-corrected chi connectivity index (χ1v) is 5.03. The highest BCUT2D eigenvalue weighted by molar-refractivity contribution is 6.14. The van der Waals surface area contributed by atoms with Crippen LogP contribution in [0.4, 0.5) is 5.69 Å². The Balaban J connectivity index is 2.10. The second-order valence-corrected chi connectivity index (χ2v) is 3.89. The fourth-order valence-corrected chi connectivity index (χ4v) is 1.59. The number of para-hydroxylation sites is 1. The second-order valence-electron chi connectivity index (χ2n) is 3.89. The van der Waals surface area contributed by atoms with Crippen molar-refractivity contribution in [1.29, 1.82) is 0 Å². The first-order chi connectivity index (χ1) is 7.69. The second kappa shape index (κ2) is 3.84. The molecule has 1 aliphatic carbocycles. The van der Waals surface area contributed by atoms with Crippen LogP contribution in [0.3, 0.4) is 0 Å². The molecule has 1 saturated carbocycles. The molecule has 2 rings (SSSR count). The number of oxime groups is 1. The maximum absolute atomic E-state index is 11.9. The molecule has 0 aliphatic heterocycles. The van der Waals surface area contributed by atoms with E-state index in [9.17, 15) is 4.79 Å². The Morgan fingerprint density at radius 3 is 2.50 bits per heavy atom. The minimum atomic E-state index is -0.801. The van der Waals surface area contributed by atoms with E-state index in [1.165, 1.54) is 0 Å². The first kappa shape index (κ1) is 10.5. The maximum atomic E-state index is 11.9. The van der Waals surface area contributed by atoms with Crippen LogP contribution in [0, 0.1) is 5.41 Å². The van der Waals surface area contributed by atoms with Gasteiger partial charge < -0.3 is 16.3 Å². The van der Waals surface area contributed by atoms with Crippen molar-refractivity contribution in [3.63, 3.8) is 0 Å². The number of nitrogens with two attached hydrogens (primary N) is 1. The van der Waals surface area contributed by atoms with Gasteiger partial charge in [-0.15, -0.1) is 0 Å². The Labute approximate surface area is 92.9 Å². The van der Waals surface area contributed by atoms with Crippen LogP contribution in [0.25, 0.3) is 0 Å². The van der Waals surface area contributed by atoms with Gasteiger partial charge in [-0.2, -0.15) is 0 Å². The monoisotopic (exact) mass is 219 g/mol. The highest BCUT2D eigenvalue weighted by Gasteiger charge is 2.54. The molecule has 1 aliphatic rings. The SMILES string of the molecule is N/C(=N/O)C1(C(=O)Nc2ccccc2)CC1. The summed E-state index contributed by atoms with van der Waals surface area (Å²) in [6.07, 6.45) is 1.25. The third-order valence-corrected chi connectivity index (χ3v) is 2.81. The largest absolute Gasteiger partial charge is 0.409 e. The number of rotatable bonds is 3. The highest BCUT2D eigenvalue weighted by atomic mass is 16.4. The lowest BCUT2D eigenvalue weighted by molar-refractivity contribution is -0.119. The lowest BCUT2D eigenvalue weighted by Crippen LogP contribution is -2.36. The minimum Gasteiger partial charge on any atom is -0.409 e. The summed E-state index contributed by atoms with van der Waals surface area (Å²) in [6, 6.07) is 9.12. The number of nitrogens with zero attached hydrogens (tertiary/aromatic N) is 1. The molecule has 0 bridgehead atoms. The molecule has 0 radical (unpaired) electrons. The van der Waals surface area contributed by atoms with Gasteiger partial charge in [0, 0.05) is 5.69 Å². The summed E-state index contributed by atoms with van der Waals surface area (Å²) in [6.45, 7) is 0. The van der Waals surface area contributed by atoms with Gasteiger partial charge in [-0.3, -0.25) is 4.79 Å². The van der Waals surface area contributed by atoms with E-state index in [1.54, 1.807) is 12.1 Å². The molecule has 0 atom stereocenters. The smallest absolute Gasteiger partial charge is 0.238 e. The van der Waals surface area contributed by atoms with Crippen molar-refractivity contribution in [1.82, 2.24) is 0 Å². The van der Waals surface area contributed by atoms with Gasteiger partial charge in [-0.1, -0.05) is 23.4 Å². The fraction of sp³-hybridized carbons (Fsp3) is 0.273. The Bertz CT molecular complexity index is 424. The summed E-state index contributed by atoms with van der Waals surface area (Å²) < 4.78 is 0. The van der Waals surface area contributed by atoms with Crippen molar-refractivity contribution < 1.29 is 10.0 Å². The van der Waals surface area contributed by atoms with Gasteiger partial charge in [0.05, 0.1) is 0 Å². The van der Waals surface area contributed by atoms with Crippen LogP contribution in [0.15, 0.2) is 35.5 Å². The van der Waals surface area contributed by atoms with Crippen LogP contribution in [0.1, 0.15) is 12.8 Å². The molecule has 1 amide bonds. The molecule has 1 aromatic rings. The third-order valence-electron chi connectivity index (χ3n) is 2.81. The Kier molecular flexibility index (Phi) is 2.52. The summed E-state index contributed by atoms with van der Waals surface area (Å²) >= 11 is 0. The lowest BCUT2D eigenvalue weighted by atomic mass is 10.1. The summed E-state index contributed by atoms with van der Waals surface area (Å²) in [4.78, 5) is 11.9. The zero-order valence-corrected chi connectivity index (χ0v) is 8.68. The molecule has 1 aromatic carbocycles. The molecular formula is C11H13N3O2. The quantitative estimate of drug-likeness (QED) is 0.308. The number of benzene rings is 1. The van der Waals surface area contributed by atoms with E-state index < -0.39 is 5.41 Å². The molecule has 4 N–H and O–H groups in total. The van der Waals surface area contributed by atoms with Crippen LogP contribution in [-0.2, 0) is 4.79 Å². The van der Waals surface area contributed by atoms with Crippen molar-refractivity contribution in [2.75, 3.05) is 5.32 Å². The number of carbonyl (C=O) groups is 1. The van der Waals surface area contributed by atoms with Gasteiger partial charge in [0.15, 0.2) is 5.84 Å². The molecule has 1 fully saturated rings. The van der Waals surface area contributed by atoms with Crippen LogP contribution in [0.5, 0.6) is 0 Å². The van der Waals surface area contributed by atoms with Gasteiger partial charge >= 0.3 is 0 Å². The lowest BCUT2D eigenvalue weighted by Gasteiger charge is -2.13. The molecule has 0 spiro atoms. The fourth-order valence-electron chi connectivity index (χ4n) is 1.59. The average Bonchev–Trinajstić information content (AvgIpc) is 3.10. The van der Waals surface area contributed by atoms with Crippen LogP contribution >= 0.6 is 0 Å². The number of nitrogens with one attached hydrogen (secondary N) is 1. The average molecular weight is 219 g/mol. The van der Waals surface area contributed by atoms with Gasteiger partial charge in [0.2, 0.25) is 5.91 Å². The van der Waals surface area contributed by atoms with Gasteiger partial charge in [0.1, 0.15) is 5.41 Å². The molecule has 5 heteroatoms. The molecular weight excluding hydrogens is 206 g/mol. The molecule has 0 aromatic heterocycles. The molecule has 84 valence electrons. The first-order valence-electron chi connectivity index (χ1n) is 5.03. The van der Waals surface area contributed by atoms with E-state index >= 15 is 0 Å². The van der Waals surface area contributed by atoms with Crippen molar-refractivity contribution in [3.8, 4) is 0 Å². The number of hydrogen-bond acceptors (Lipinski definition) is 3. The van der Waals surface area contributed by atoms with Crippen LogP contribution in [-0.4, -0.2) is 17.0 Å². The maximum Gasteiger partial charge on any atom is 0.238 e. The summed E-state index contributed by atoms with van der Waals surface area (Å²) in [5.41, 5.74) is 5.42. The topological polar surface area (TPSA) is 87.7 Å². The molecule has 0 saturated heterocycles. The van der Waals surface area contributed by atoms with E-state index in [0.717, 1.165) is 0 Å². The summed E-state index contributed by atoms with van der Waals surface area (Å²) in [5, 5.41) is 14.3. The highest BCUT2D eigenvalue weighted by Crippen LogP contribution is 2.46. The summed E-state index contributed by atoms with van der Waals surface area (Å²) in [5.74, 6) is -0.227. The Morgan fingerprint density at radius 2 is 2.00 bits per heavy atom. The Morgan fingerprint density at radius 1 is 1.38 bits per heavy atom. The predicted octanol–water partition coefficient (Wildman–Crippen LogP) is 1.15. The zero-order valence-electron chi connectivity index (χ0n) is 8.68. The minimum absolute atomic E-state index is 0.0130. The van der Waals surface area contributed by atoms with Crippen molar-refractivity contribution >= 4 is 17.4 Å². The number of hydrogen-bond donors (Lipinski definition) is 3. The number of amides is 1. The van der Waals surface area contributed by atoms with Crippen molar-refractivity contribution in [2.45, 2.75) is 12.8 Å². The number of amidine groups is 1. The van der Waals surface area contributed by atoms with Gasteiger partial charge in [0.25, 0.3) is 0 Å². The van der Waals surface area contributed by atoms with Crippen LogP contribution < -0.4 is 11.1 Å². The number of anilines is 1. The van der Waals surface area contributed by atoms with E-state index in [4.69, 9.17) is 10.9 Å². The third kappa shape index (κ3) is 1.71. The van der Waals surface area contributed by atoms with Gasteiger partial charge in [-0.25, -0.2) is 0 Å². The predicted molar refractivity (Wildman–Crippen MR) is 60.1 cm³/mol. The normalized spacial score (nSPS) is 17.9.